The molecule has 2 rings (SSSR count). The SMILES string of the molecule is Cc1cc(C(=O)N(C)CCOc2ccccc2C)no1. The molecular formula is C15H18N2O3. The monoisotopic (exact) mass is 274 g/mol. The number of para-hydroxylation sites is 1. The summed E-state index contributed by atoms with van der Waals surface area (Å²) in [6.07, 6.45) is 0. The van der Waals surface area contributed by atoms with Gasteiger partial charge in [-0.15, -0.1) is 0 Å². The number of benzene rings is 1. The van der Waals surface area contributed by atoms with Crippen molar-refractivity contribution in [1.82, 2.24) is 10.1 Å². The van der Waals surface area contributed by atoms with Crippen LogP contribution in [0.25, 0.3) is 0 Å². The Morgan fingerprint density at radius 3 is 2.75 bits per heavy atom. The second kappa shape index (κ2) is 6.23. The molecule has 20 heavy (non-hydrogen) atoms. The third kappa shape index (κ3) is 3.38. The van der Waals surface area contributed by atoms with Crippen molar-refractivity contribution in [2.75, 3.05) is 20.2 Å². The van der Waals surface area contributed by atoms with Gasteiger partial charge in [0.05, 0.1) is 6.54 Å². The summed E-state index contributed by atoms with van der Waals surface area (Å²) in [7, 11) is 1.72. The van der Waals surface area contributed by atoms with Crippen LogP contribution in [0.5, 0.6) is 5.75 Å². The van der Waals surface area contributed by atoms with Crippen molar-refractivity contribution in [3.8, 4) is 5.75 Å². The van der Waals surface area contributed by atoms with Gasteiger partial charge in [0.2, 0.25) is 0 Å². The Hall–Kier alpha value is -2.30. The number of hydrogen-bond donors (Lipinski definition) is 0. The van der Waals surface area contributed by atoms with Gasteiger partial charge >= 0.3 is 0 Å². The Labute approximate surface area is 118 Å². The molecule has 1 heterocycles. The Morgan fingerprint density at radius 1 is 1.35 bits per heavy atom. The summed E-state index contributed by atoms with van der Waals surface area (Å²) < 4.78 is 10.6. The summed E-state index contributed by atoms with van der Waals surface area (Å²) in [5, 5.41) is 3.71. The van der Waals surface area contributed by atoms with Crippen molar-refractivity contribution in [2.24, 2.45) is 0 Å². The van der Waals surface area contributed by atoms with Gasteiger partial charge in [0.25, 0.3) is 5.91 Å². The molecule has 0 bridgehead atoms. The van der Waals surface area contributed by atoms with Gasteiger partial charge in [-0.05, 0) is 25.5 Å². The van der Waals surface area contributed by atoms with E-state index in [1.165, 1.54) is 0 Å². The molecular weight excluding hydrogens is 256 g/mol. The summed E-state index contributed by atoms with van der Waals surface area (Å²) in [5.74, 6) is 1.29. The smallest absolute Gasteiger partial charge is 0.275 e. The molecule has 1 aromatic carbocycles. The molecule has 0 radical (unpaired) electrons. The molecule has 0 saturated heterocycles. The highest BCUT2D eigenvalue weighted by Crippen LogP contribution is 2.15. The van der Waals surface area contributed by atoms with E-state index >= 15 is 0 Å². The zero-order valence-electron chi connectivity index (χ0n) is 11.9. The number of amides is 1. The molecule has 0 aliphatic carbocycles. The summed E-state index contributed by atoms with van der Waals surface area (Å²) >= 11 is 0. The maximum atomic E-state index is 12.0. The summed E-state index contributed by atoms with van der Waals surface area (Å²) in [6.45, 7) is 4.66. The van der Waals surface area contributed by atoms with E-state index in [4.69, 9.17) is 9.26 Å². The van der Waals surface area contributed by atoms with Crippen molar-refractivity contribution in [2.45, 2.75) is 13.8 Å². The normalized spacial score (nSPS) is 10.3. The molecule has 0 N–H and O–H groups in total. The average molecular weight is 274 g/mol. The number of nitrogens with zero attached hydrogens (tertiary/aromatic N) is 2. The number of aromatic nitrogens is 1. The first-order valence-corrected chi connectivity index (χ1v) is 6.45. The molecule has 0 atom stereocenters. The van der Waals surface area contributed by atoms with Gasteiger partial charge in [-0.2, -0.15) is 0 Å². The first kappa shape index (κ1) is 14.1. The molecule has 0 aliphatic rings. The quantitative estimate of drug-likeness (QED) is 0.840. The van der Waals surface area contributed by atoms with Crippen LogP contribution in [0.15, 0.2) is 34.9 Å². The maximum absolute atomic E-state index is 12.0. The van der Waals surface area contributed by atoms with Crippen molar-refractivity contribution >= 4 is 5.91 Å². The topological polar surface area (TPSA) is 55.6 Å². The Morgan fingerprint density at radius 2 is 2.10 bits per heavy atom. The first-order valence-electron chi connectivity index (χ1n) is 6.45. The molecule has 106 valence electrons. The Bertz CT molecular complexity index is 592. The lowest BCUT2D eigenvalue weighted by atomic mass is 10.2. The van der Waals surface area contributed by atoms with Crippen LogP contribution < -0.4 is 4.74 Å². The molecule has 5 nitrogen and oxygen atoms in total. The fourth-order valence-electron chi connectivity index (χ4n) is 1.78. The Balaban J connectivity index is 1.85. The molecule has 0 saturated carbocycles. The van der Waals surface area contributed by atoms with E-state index in [1.807, 2.05) is 31.2 Å². The third-order valence-electron chi connectivity index (χ3n) is 2.97. The molecule has 0 unspecified atom stereocenters. The minimum Gasteiger partial charge on any atom is -0.491 e. The van der Waals surface area contributed by atoms with Gasteiger partial charge in [-0.1, -0.05) is 23.4 Å². The highest BCUT2D eigenvalue weighted by molar-refractivity contribution is 5.92. The van der Waals surface area contributed by atoms with Crippen molar-refractivity contribution in [3.05, 3.63) is 47.3 Å². The van der Waals surface area contributed by atoms with Gasteiger partial charge in [-0.25, -0.2) is 0 Å². The van der Waals surface area contributed by atoms with Gasteiger partial charge in [0.1, 0.15) is 18.1 Å². The number of carbonyl (C=O) groups is 1. The summed E-state index contributed by atoms with van der Waals surface area (Å²) in [5.41, 5.74) is 1.40. The van der Waals surface area contributed by atoms with E-state index in [9.17, 15) is 4.79 Å². The van der Waals surface area contributed by atoms with Crippen molar-refractivity contribution in [3.63, 3.8) is 0 Å². The second-order valence-electron chi connectivity index (χ2n) is 4.66. The molecule has 2 aromatic rings. The lowest BCUT2D eigenvalue weighted by Gasteiger charge is -2.16. The number of aryl methyl sites for hydroxylation is 2. The van der Waals surface area contributed by atoms with Gasteiger partial charge < -0.3 is 14.2 Å². The van der Waals surface area contributed by atoms with E-state index in [0.29, 0.717) is 24.6 Å². The highest BCUT2D eigenvalue weighted by Gasteiger charge is 2.15. The maximum Gasteiger partial charge on any atom is 0.275 e. The minimum absolute atomic E-state index is 0.171. The van der Waals surface area contributed by atoms with Crippen LogP contribution in [0.1, 0.15) is 21.8 Å². The third-order valence-corrected chi connectivity index (χ3v) is 2.97. The number of rotatable bonds is 5. The van der Waals surface area contributed by atoms with E-state index in [0.717, 1.165) is 11.3 Å². The van der Waals surface area contributed by atoms with Crippen LogP contribution in [0.4, 0.5) is 0 Å². The predicted molar refractivity (Wildman–Crippen MR) is 74.9 cm³/mol. The van der Waals surface area contributed by atoms with E-state index < -0.39 is 0 Å². The average Bonchev–Trinajstić information content (AvgIpc) is 2.86. The Kier molecular flexibility index (Phi) is 4.40. The largest absolute Gasteiger partial charge is 0.491 e. The molecule has 1 aromatic heterocycles. The first-order chi connectivity index (χ1) is 9.58. The van der Waals surface area contributed by atoms with Gasteiger partial charge in [-0.3, -0.25) is 4.79 Å². The van der Waals surface area contributed by atoms with Crippen molar-refractivity contribution < 1.29 is 14.1 Å². The molecule has 0 spiro atoms. The van der Waals surface area contributed by atoms with Gasteiger partial charge in [0, 0.05) is 13.1 Å². The molecule has 0 aliphatic heterocycles. The molecule has 1 amide bonds. The number of ether oxygens (including phenoxy) is 1. The number of hydrogen-bond acceptors (Lipinski definition) is 4. The fraction of sp³-hybridized carbons (Fsp3) is 0.333. The van der Waals surface area contributed by atoms with Crippen LogP contribution in [0.2, 0.25) is 0 Å². The summed E-state index contributed by atoms with van der Waals surface area (Å²) in [6, 6.07) is 9.42. The predicted octanol–water partition coefficient (Wildman–Crippen LogP) is 2.44. The van der Waals surface area contributed by atoms with E-state index in [1.54, 1.807) is 24.9 Å². The molecule has 5 heteroatoms. The second-order valence-corrected chi connectivity index (χ2v) is 4.66. The summed E-state index contributed by atoms with van der Waals surface area (Å²) in [4.78, 5) is 13.6. The molecule has 0 fully saturated rings. The van der Waals surface area contributed by atoms with Crippen LogP contribution >= 0.6 is 0 Å². The van der Waals surface area contributed by atoms with Gasteiger partial charge in [0.15, 0.2) is 5.69 Å². The highest BCUT2D eigenvalue weighted by atomic mass is 16.5. The van der Waals surface area contributed by atoms with E-state index in [-0.39, 0.29) is 5.91 Å². The minimum atomic E-state index is -0.171. The van der Waals surface area contributed by atoms with Crippen LogP contribution in [-0.4, -0.2) is 36.2 Å². The lowest BCUT2D eigenvalue weighted by Crippen LogP contribution is -2.31. The zero-order valence-corrected chi connectivity index (χ0v) is 11.9. The fourth-order valence-corrected chi connectivity index (χ4v) is 1.78. The lowest BCUT2D eigenvalue weighted by molar-refractivity contribution is 0.0763. The zero-order chi connectivity index (χ0) is 14.5. The van der Waals surface area contributed by atoms with Crippen molar-refractivity contribution in [1.29, 1.82) is 0 Å². The van der Waals surface area contributed by atoms with E-state index in [2.05, 4.69) is 5.16 Å². The standard InChI is InChI=1S/C15H18N2O3/c1-11-6-4-5-7-14(11)19-9-8-17(3)15(18)13-10-12(2)20-16-13/h4-7,10H,8-9H2,1-3H3. The van der Waals surface area contributed by atoms with Crippen LogP contribution in [0, 0.1) is 13.8 Å². The number of carbonyl (C=O) groups excluding carboxylic acids is 1. The van der Waals surface area contributed by atoms with Crippen LogP contribution in [0.3, 0.4) is 0 Å². The van der Waals surface area contributed by atoms with Crippen LogP contribution in [-0.2, 0) is 0 Å². The number of likely N-dealkylation sites (N-methyl/N-ethyl adjacent to an activating group) is 1.